The minimum absolute atomic E-state index is 0.175. The Morgan fingerprint density at radius 3 is 2.38 bits per heavy atom. The van der Waals surface area contributed by atoms with Gasteiger partial charge in [-0.3, -0.25) is 9.59 Å². The van der Waals surface area contributed by atoms with Crippen molar-refractivity contribution in [1.29, 1.82) is 0 Å². The molecule has 166 valence electrons. The van der Waals surface area contributed by atoms with E-state index >= 15 is 0 Å². The van der Waals surface area contributed by atoms with Crippen LogP contribution >= 0.6 is 0 Å². The summed E-state index contributed by atoms with van der Waals surface area (Å²) in [5.41, 5.74) is 2.68. The first kappa shape index (κ1) is 22.7. The molecule has 0 aliphatic heterocycles. The number of hydrogen-bond acceptors (Lipinski definition) is 4. The second kappa shape index (κ2) is 10.4. The summed E-state index contributed by atoms with van der Waals surface area (Å²) < 4.78 is 38.0. The number of halogens is 2. The predicted octanol–water partition coefficient (Wildman–Crippen LogP) is 4.26. The molecule has 8 heteroatoms. The Hall–Kier alpha value is -3.94. The first-order chi connectivity index (χ1) is 15.4. The summed E-state index contributed by atoms with van der Waals surface area (Å²) in [6, 6.07) is 16.2. The largest absolute Gasteiger partial charge is 0.496 e. The monoisotopic (exact) mass is 441 g/mol. The average molecular weight is 441 g/mol. The van der Waals surface area contributed by atoms with E-state index in [2.05, 4.69) is 0 Å². The number of carbonyl (C=O) groups is 2. The normalized spacial score (nSPS) is 10.5. The van der Waals surface area contributed by atoms with Gasteiger partial charge in [0, 0.05) is 18.2 Å². The first-order valence-electron chi connectivity index (χ1n) is 9.65. The molecule has 0 bridgehead atoms. The molecule has 0 saturated heterocycles. The molecule has 0 aliphatic rings. The van der Waals surface area contributed by atoms with Crippen LogP contribution in [0.15, 0.2) is 60.7 Å². The lowest BCUT2D eigenvalue weighted by atomic mass is 10.0. The van der Waals surface area contributed by atoms with Gasteiger partial charge in [0.25, 0.3) is 0 Å². The highest BCUT2D eigenvalue weighted by Gasteiger charge is 2.12. The van der Waals surface area contributed by atoms with Crippen LogP contribution in [0.5, 0.6) is 11.5 Å². The summed E-state index contributed by atoms with van der Waals surface area (Å²) in [5, 5.41) is 8.84. The van der Waals surface area contributed by atoms with Crippen LogP contribution in [0.25, 0.3) is 11.1 Å². The fraction of sp³-hybridized carbons (Fsp3) is 0.167. The van der Waals surface area contributed by atoms with Gasteiger partial charge in [0.2, 0.25) is 6.41 Å². The lowest BCUT2D eigenvalue weighted by Crippen LogP contribution is -2.27. The zero-order chi connectivity index (χ0) is 23.1. The summed E-state index contributed by atoms with van der Waals surface area (Å²) in [5.74, 6) is -2.23. The topological polar surface area (TPSA) is 76.1 Å². The third kappa shape index (κ3) is 5.81. The molecule has 3 rings (SSSR count). The summed E-state index contributed by atoms with van der Waals surface area (Å²) in [6.45, 7) is 0.0510. The average Bonchev–Trinajstić information content (AvgIpc) is 2.79. The number of amides is 1. The van der Waals surface area contributed by atoms with Gasteiger partial charge >= 0.3 is 5.97 Å². The third-order valence-electron chi connectivity index (χ3n) is 4.68. The van der Waals surface area contributed by atoms with E-state index in [1.165, 1.54) is 7.11 Å². The van der Waals surface area contributed by atoms with Gasteiger partial charge in [-0.15, -0.1) is 0 Å². The Labute approximate surface area is 183 Å². The second-order valence-corrected chi connectivity index (χ2v) is 7.00. The number of methoxy groups -OCH3 is 1. The second-order valence-electron chi connectivity index (χ2n) is 7.00. The zero-order valence-electron chi connectivity index (χ0n) is 17.3. The summed E-state index contributed by atoms with van der Waals surface area (Å²) >= 11 is 0. The summed E-state index contributed by atoms with van der Waals surface area (Å²) in [7, 11) is 1.39. The number of nitrogens with zero attached hydrogens (tertiary/aromatic N) is 1. The quantitative estimate of drug-likeness (QED) is 0.476. The number of aliphatic carboxylic acids is 1. The van der Waals surface area contributed by atoms with Gasteiger partial charge in [-0.1, -0.05) is 36.4 Å². The van der Waals surface area contributed by atoms with Gasteiger partial charge in [-0.05, 0) is 34.9 Å². The van der Waals surface area contributed by atoms with Gasteiger partial charge in [0.15, 0.2) is 11.6 Å². The number of ether oxygens (including phenoxy) is 2. The molecule has 0 spiro atoms. The number of rotatable bonds is 10. The van der Waals surface area contributed by atoms with E-state index in [0.717, 1.165) is 28.2 Å². The molecule has 1 N–H and O–H groups in total. The highest BCUT2D eigenvalue weighted by atomic mass is 19.2. The molecule has 0 saturated carbocycles. The maximum Gasteiger partial charge on any atom is 0.323 e. The predicted molar refractivity (Wildman–Crippen MR) is 113 cm³/mol. The van der Waals surface area contributed by atoms with E-state index in [1.807, 2.05) is 12.1 Å². The van der Waals surface area contributed by atoms with Crippen molar-refractivity contribution in [2.24, 2.45) is 0 Å². The Kier molecular flexibility index (Phi) is 7.38. The van der Waals surface area contributed by atoms with Crippen molar-refractivity contribution in [1.82, 2.24) is 4.90 Å². The molecule has 0 atom stereocenters. The van der Waals surface area contributed by atoms with Gasteiger partial charge < -0.3 is 19.5 Å². The van der Waals surface area contributed by atoms with E-state index in [9.17, 15) is 18.4 Å². The minimum Gasteiger partial charge on any atom is -0.496 e. The van der Waals surface area contributed by atoms with E-state index < -0.39 is 17.6 Å². The first-order valence-corrected chi connectivity index (χ1v) is 9.65. The molecule has 0 heterocycles. The maximum absolute atomic E-state index is 13.7. The smallest absolute Gasteiger partial charge is 0.323 e. The molecule has 0 radical (unpaired) electrons. The highest BCUT2D eigenvalue weighted by molar-refractivity contribution is 5.72. The molecule has 3 aromatic carbocycles. The van der Waals surface area contributed by atoms with Crippen molar-refractivity contribution < 1.29 is 33.0 Å². The van der Waals surface area contributed by atoms with E-state index in [0.29, 0.717) is 23.3 Å². The van der Waals surface area contributed by atoms with Crippen LogP contribution in [-0.4, -0.2) is 36.0 Å². The molecule has 0 fully saturated rings. The fourth-order valence-corrected chi connectivity index (χ4v) is 3.18. The Balaban J connectivity index is 1.67. The minimum atomic E-state index is -1.08. The Morgan fingerprint density at radius 2 is 1.72 bits per heavy atom. The van der Waals surface area contributed by atoms with Crippen molar-refractivity contribution >= 4 is 12.4 Å². The molecule has 3 aromatic rings. The number of benzene rings is 3. The van der Waals surface area contributed by atoms with Crippen molar-refractivity contribution in [2.75, 3.05) is 13.7 Å². The van der Waals surface area contributed by atoms with Crippen LogP contribution in [0.4, 0.5) is 8.78 Å². The van der Waals surface area contributed by atoms with Crippen LogP contribution in [0.1, 0.15) is 11.1 Å². The SMILES string of the molecule is COc1cc(F)c(F)cc1-c1ccc(OCc2cccc(CN(C=O)CC(=O)O)c2)cc1. The molecule has 0 unspecified atom stereocenters. The summed E-state index contributed by atoms with van der Waals surface area (Å²) in [6.07, 6.45) is 0.501. The van der Waals surface area contributed by atoms with Crippen LogP contribution in [-0.2, 0) is 22.7 Å². The molecule has 1 amide bonds. The molecular formula is C24H21F2NO5. The molecule has 0 aliphatic carbocycles. The summed E-state index contributed by atoms with van der Waals surface area (Å²) in [4.78, 5) is 23.0. The maximum atomic E-state index is 13.7. The Bertz CT molecular complexity index is 1100. The van der Waals surface area contributed by atoms with Crippen molar-refractivity contribution in [3.63, 3.8) is 0 Å². The molecule has 6 nitrogen and oxygen atoms in total. The van der Waals surface area contributed by atoms with Crippen LogP contribution in [0.2, 0.25) is 0 Å². The van der Waals surface area contributed by atoms with Crippen molar-refractivity contribution in [2.45, 2.75) is 13.2 Å². The van der Waals surface area contributed by atoms with E-state index in [-0.39, 0.29) is 25.4 Å². The van der Waals surface area contributed by atoms with Crippen LogP contribution < -0.4 is 9.47 Å². The van der Waals surface area contributed by atoms with Crippen LogP contribution in [0.3, 0.4) is 0 Å². The Morgan fingerprint density at radius 1 is 1.03 bits per heavy atom. The van der Waals surface area contributed by atoms with Crippen LogP contribution in [0, 0.1) is 11.6 Å². The van der Waals surface area contributed by atoms with Crippen molar-refractivity contribution in [3.8, 4) is 22.6 Å². The number of hydrogen-bond donors (Lipinski definition) is 1. The lowest BCUT2D eigenvalue weighted by Gasteiger charge is -2.15. The fourth-order valence-electron chi connectivity index (χ4n) is 3.18. The number of carbonyl (C=O) groups excluding carboxylic acids is 1. The zero-order valence-corrected chi connectivity index (χ0v) is 17.3. The third-order valence-corrected chi connectivity index (χ3v) is 4.68. The number of carboxylic acids is 1. The lowest BCUT2D eigenvalue weighted by molar-refractivity contribution is -0.141. The van der Waals surface area contributed by atoms with Gasteiger partial charge in [0.1, 0.15) is 24.7 Å². The number of carboxylic acid groups (broad SMARTS) is 1. The highest BCUT2D eigenvalue weighted by Crippen LogP contribution is 2.33. The van der Waals surface area contributed by atoms with E-state index in [4.69, 9.17) is 14.6 Å². The van der Waals surface area contributed by atoms with E-state index in [1.54, 1.807) is 36.4 Å². The molecule has 0 aromatic heterocycles. The molecular weight excluding hydrogens is 420 g/mol. The standard InChI is InChI=1S/C24H21F2NO5/c1-31-23-11-22(26)21(25)10-20(23)18-5-7-19(8-6-18)32-14-17-4-2-3-16(9-17)12-27(15-28)13-24(29)30/h2-11,15H,12-14H2,1H3,(H,29,30). The van der Waals surface area contributed by atoms with Gasteiger partial charge in [0.05, 0.1) is 7.11 Å². The van der Waals surface area contributed by atoms with Crippen molar-refractivity contribution in [3.05, 3.63) is 83.4 Å². The van der Waals surface area contributed by atoms with Gasteiger partial charge in [-0.25, -0.2) is 8.78 Å². The molecule has 32 heavy (non-hydrogen) atoms. The van der Waals surface area contributed by atoms with Gasteiger partial charge in [-0.2, -0.15) is 0 Å².